The third-order valence-corrected chi connectivity index (χ3v) is 3.42. The average Bonchev–Trinajstić information content (AvgIpc) is 2.27. The Labute approximate surface area is 110 Å². The molecule has 1 aromatic carbocycles. The second-order valence-electron chi connectivity index (χ2n) is 6.63. The minimum atomic E-state index is -0.517. The molecule has 1 aliphatic rings. The van der Waals surface area contributed by atoms with Crippen molar-refractivity contribution in [3.8, 4) is 0 Å². The van der Waals surface area contributed by atoms with Gasteiger partial charge in [0.1, 0.15) is 0 Å². The van der Waals surface area contributed by atoms with Crippen LogP contribution in [0.25, 0.3) is 0 Å². The zero-order valence-corrected chi connectivity index (χ0v) is 12.1. The molecule has 2 heteroatoms. The normalized spacial score (nSPS) is 28.1. The Balaban J connectivity index is 2.22. The summed E-state index contributed by atoms with van der Waals surface area (Å²) in [6.45, 7) is 10.7. The number of ether oxygens (including phenoxy) is 2. The van der Waals surface area contributed by atoms with E-state index in [4.69, 9.17) is 9.47 Å². The first-order chi connectivity index (χ1) is 8.28. The Morgan fingerprint density at radius 2 is 1.67 bits per heavy atom. The summed E-state index contributed by atoms with van der Waals surface area (Å²) in [5.41, 5.74) is 1.37. The topological polar surface area (TPSA) is 18.5 Å². The lowest BCUT2D eigenvalue weighted by atomic mass is 9.83. The van der Waals surface area contributed by atoms with E-state index in [1.165, 1.54) is 5.56 Å². The second kappa shape index (κ2) is 4.67. The molecule has 0 bridgehead atoms. The second-order valence-corrected chi connectivity index (χ2v) is 6.63. The van der Waals surface area contributed by atoms with Gasteiger partial charge in [-0.2, -0.15) is 0 Å². The Morgan fingerprint density at radius 1 is 1.06 bits per heavy atom. The van der Waals surface area contributed by atoms with Gasteiger partial charge in [0.25, 0.3) is 0 Å². The highest BCUT2D eigenvalue weighted by molar-refractivity contribution is 5.18. The summed E-state index contributed by atoms with van der Waals surface area (Å²) >= 11 is 0. The molecule has 100 valence electrons. The number of hydrogen-bond acceptors (Lipinski definition) is 2. The SMILES string of the molecule is CC1(C)O[C@H](c2ccccc2)C[C@@H](C(C)(C)C)O1. The minimum absolute atomic E-state index is 0.124. The van der Waals surface area contributed by atoms with Gasteiger partial charge in [0.2, 0.25) is 0 Å². The fourth-order valence-electron chi connectivity index (χ4n) is 2.41. The summed E-state index contributed by atoms with van der Waals surface area (Å²) in [6.07, 6.45) is 1.25. The Hall–Kier alpha value is -0.860. The zero-order valence-electron chi connectivity index (χ0n) is 12.1. The predicted octanol–water partition coefficient (Wildman–Crippen LogP) is 4.32. The highest BCUT2D eigenvalue weighted by Crippen LogP contribution is 2.41. The zero-order chi connectivity index (χ0) is 13.4. The van der Waals surface area contributed by atoms with E-state index >= 15 is 0 Å². The molecule has 2 rings (SSSR count). The smallest absolute Gasteiger partial charge is 0.163 e. The van der Waals surface area contributed by atoms with Crippen molar-refractivity contribution in [1.29, 1.82) is 0 Å². The molecule has 0 radical (unpaired) electrons. The molecule has 0 N–H and O–H groups in total. The number of benzene rings is 1. The van der Waals surface area contributed by atoms with Gasteiger partial charge in [0.15, 0.2) is 5.79 Å². The lowest BCUT2D eigenvalue weighted by molar-refractivity contribution is -0.317. The van der Waals surface area contributed by atoms with Crippen molar-refractivity contribution in [2.45, 2.75) is 59.0 Å². The average molecular weight is 248 g/mol. The van der Waals surface area contributed by atoms with Crippen molar-refractivity contribution in [3.63, 3.8) is 0 Å². The summed E-state index contributed by atoms with van der Waals surface area (Å²) in [5.74, 6) is -0.517. The molecule has 0 spiro atoms. The number of hydrogen-bond donors (Lipinski definition) is 0. The Kier molecular flexibility index (Phi) is 3.52. The third kappa shape index (κ3) is 3.12. The van der Waals surface area contributed by atoms with E-state index in [0.717, 1.165) is 6.42 Å². The fraction of sp³-hybridized carbons (Fsp3) is 0.625. The lowest BCUT2D eigenvalue weighted by Gasteiger charge is -2.45. The van der Waals surface area contributed by atoms with Crippen LogP contribution in [0.15, 0.2) is 30.3 Å². The highest BCUT2D eigenvalue weighted by atomic mass is 16.7. The van der Waals surface area contributed by atoms with Gasteiger partial charge < -0.3 is 9.47 Å². The lowest BCUT2D eigenvalue weighted by Crippen LogP contribution is -2.46. The first kappa shape index (κ1) is 13.6. The summed E-state index contributed by atoms with van der Waals surface area (Å²) < 4.78 is 12.1. The summed E-state index contributed by atoms with van der Waals surface area (Å²) in [7, 11) is 0. The summed E-state index contributed by atoms with van der Waals surface area (Å²) in [5, 5.41) is 0. The van der Waals surface area contributed by atoms with Crippen LogP contribution >= 0.6 is 0 Å². The van der Waals surface area contributed by atoms with E-state index in [1.807, 2.05) is 19.9 Å². The van der Waals surface area contributed by atoms with Crippen molar-refractivity contribution in [2.75, 3.05) is 0 Å². The van der Waals surface area contributed by atoms with E-state index in [-0.39, 0.29) is 17.6 Å². The van der Waals surface area contributed by atoms with Gasteiger partial charge in [-0.25, -0.2) is 0 Å². The van der Waals surface area contributed by atoms with Crippen LogP contribution < -0.4 is 0 Å². The maximum absolute atomic E-state index is 6.07. The van der Waals surface area contributed by atoms with Crippen molar-refractivity contribution in [1.82, 2.24) is 0 Å². The molecule has 18 heavy (non-hydrogen) atoms. The highest BCUT2D eigenvalue weighted by Gasteiger charge is 2.40. The summed E-state index contributed by atoms with van der Waals surface area (Å²) in [4.78, 5) is 0. The van der Waals surface area contributed by atoms with E-state index in [0.29, 0.717) is 0 Å². The molecular formula is C16H24O2. The molecule has 2 atom stereocenters. The molecule has 0 aromatic heterocycles. The van der Waals surface area contributed by atoms with Gasteiger partial charge in [0.05, 0.1) is 12.2 Å². The molecule has 1 aromatic rings. The molecule has 2 nitrogen and oxygen atoms in total. The minimum Gasteiger partial charge on any atom is -0.347 e. The van der Waals surface area contributed by atoms with Crippen molar-refractivity contribution >= 4 is 0 Å². The molecule has 0 amide bonds. The van der Waals surface area contributed by atoms with Gasteiger partial charge in [-0.3, -0.25) is 0 Å². The molecular weight excluding hydrogens is 224 g/mol. The molecule has 0 aliphatic carbocycles. The van der Waals surface area contributed by atoms with Gasteiger partial charge in [0, 0.05) is 6.42 Å². The molecule has 1 saturated heterocycles. The first-order valence-corrected chi connectivity index (χ1v) is 6.68. The molecule has 1 heterocycles. The maximum Gasteiger partial charge on any atom is 0.163 e. The molecule has 1 aliphatic heterocycles. The molecule has 0 unspecified atom stereocenters. The van der Waals surface area contributed by atoms with Crippen molar-refractivity contribution < 1.29 is 9.47 Å². The van der Waals surface area contributed by atoms with Gasteiger partial charge in [-0.15, -0.1) is 0 Å². The fourth-order valence-corrected chi connectivity index (χ4v) is 2.41. The predicted molar refractivity (Wildman–Crippen MR) is 73.3 cm³/mol. The first-order valence-electron chi connectivity index (χ1n) is 6.68. The van der Waals surface area contributed by atoms with Crippen molar-refractivity contribution in [3.05, 3.63) is 35.9 Å². The quantitative estimate of drug-likeness (QED) is 0.737. The third-order valence-electron chi connectivity index (χ3n) is 3.42. The molecule has 1 fully saturated rings. The van der Waals surface area contributed by atoms with E-state index in [2.05, 4.69) is 45.0 Å². The van der Waals surface area contributed by atoms with Gasteiger partial charge in [-0.1, -0.05) is 51.1 Å². The van der Waals surface area contributed by atoms with Crippen LogP contribution in [0.3, 0.4) is 0 Å². The summed E-state index contributed by atoms with van der Waals surface area (Å²) in [6, 6.07) is 10.4. The Bertz CT molecular complexity index is 389. The van der Waals surface area contributed by atoms with Crippen LogP contribution in [-0.2, 0) is 9.47 Å². The number of rotatable bonds is 1. The van der Waals surface area contributed by atoms with E-state index in [1.54, 1.807) is 0 Å². The van der Waals surface area contributed by atoms with Crippen LogP contribution in [0.1, 0.15) is 52.7 Å². The van der Waals surface area contributed by atoms with Crippen LogP contribution in [0.5, 0.6) is 0 Å². The van der Waals surface area contributed by atoms with Crippen LogP contribution in [0.2, 0.25) is 0 Å². The molecule has 0 saturated carbocycles. The van der Waals surface area contributed by atoms with Gasteiger partial charge >= 0.3 is 0 Å². The van der Waals surface area contributed by atoms with Crippen molar-refractivity contribution in [2.24, 2.45) is 5.41 Å². The van der Waals surface area contributed by atoms with Crippen LogP contribution in [0.4, 0.5) is 0 Å². The standard InChI is InChI=1S/C16H24O2/c1-15(2,3)14-11-13(17-16(4,5)18-14)12-9-7-6-8-10-12/h6-10,13-14H,11H2,1-5H3/t13-,14-/m0/s1. The monoisotopic (exact) mass is 248 g/mol. The Morgan fingerprint density at radius 3 is 2.22 bits per heavy atom. The maximum atomic E-state index is 6.07. The largest absolute Gasteiger partial charge is 0.347 e. The van der Waals surface area contributed by atoms with Gasteiger partial charge in [-0.05, 0) is 24.8 Å². The van der Waals surface area contributed by atoms with Crippen LogP contribution in [-0.4, -0.2) is 11.9 Å². The van der Waals surface area contributed by atoms with Crippen LogP contribution in [0, 0.1) is 5.41 Å². The van der Waals surface area contributed by atoms with E-state index in [9.17, 15) is 0 Å². The van der Waals surface area contributed by atoms with E-state index < -0.39 is 5.79 Å².